The summed E-state index contributed by atoms with van der Waals surface area (Å²) >= 11 is 0. The van der Waals surface area contributed by atoms with Crippen molar-refractivity contribution in [2.24, 2.45) is 0 Å². The molecule has 1 aromatic heterocycles. The fourth-order valence-electron chi connectivity index (χ4n) is 4.05. The molecule has 7 heteroatoms. The van der Waals surface area contributed by atoms with Gasteiger partial charge in [0.1, 0.15) is 0 Å². The van der Waals surface area contributed by atoms with Gasteiger partial charge in [-0.3, -0.25) is 4.79 Å². The van der Waals surface area contributed by atoms with E-state index in [2.05, 4.69) is 4.57 Å². The summed E-state index contributed by atoms with van der Waals surface area (Å²) < 4.78 is 29.4. The predicted molar refractivity (Wildman–Crippen MR) is 108 cm³/mol. The standard InChI is InChI=1S/C21H27N3O3S/c1-15-4-8-19(9-5-15)28(26,27)23-12-10-22(11-13-23)21(25)20-14-16(2)24(17(20)3)18-6-7-18/h4-5,8-9,14,18H,6-7,10-13H2,1-3H3. The molecule has 28 heavy (non-hydrogen) atoms. The molecule has 0 bridgehead atoms. The molecule has 6 nitrogen and oxygen atoms in total. The maximum atomic E-state index is 13.0. The highest BCUT2D eigenvalue weighted by molar-refractivity contribution is 7.89. The number of nitrogens with zero attached hydrogens (tertiary/aromatic N) is 3. The normalized spacial score (nSPS) is 18.5. The van der Waals surface area contributed by atoms with Gasteiger partial charge in [-0.05, 0) is 51.8 Å². The second kappa shape index (κ2) is 7.04. The van der Waals surface area contributed by atoms with Crippen LogP contribution in [0.15, 0.2) is 35.2 Å². The Balaban J connectivity index is 1.46. The molecule has 2 aliphatic rings. The molecule has 1 amide bonds. The van der Waals surface area contributed by atoms with Gasteiger partial charge in [-0.1, -0.05) is 17.7 Å². The van der Waals surface area contributed by atoms with Crippen molar-refractivity contribution in [1.29, 1.82) is 0 Å². The molecule has 1 aliphatic heterocycles. The van der Waals surface area contributed by atoms with Crippen LogP contribution >= 0.6 is 0 Å². The fourth-order valence-corrected chi connectivity index (χ4v) is 5.47. The Morgan fingerprint density at radius 1 is 0.964 bits per heavy atom. The molecule has 2 fully saturated rings. The van der Waals surface area contributed by atoms with Crippen molar-refractivity contribution < 1.29 is 13.2 Å². The van der Waals surface area contributed by atoms with Crippen LogP contribution in [-0.4, -0.2) is 54.3 Å². The van der Waals surface area contributed by atoms with Gasteiger partial charge in [0.25, 0.3) is 5.91 Å². The molecule has 2 heterocycles. The molecule has 1 saturated carbocycles. The molecular formula is C21H27N3O3S. The largest absolute Gasteiger partial charge is 0.345 e. The number of aromatic nitrogens is 1. The Bertz CT molecular complexity index is 996. The van der Waals surface area contributed by atoms with Gasteiger partial charge in [-0.2, -0.15) is 4.31 Å². The van der Waals surface area contributed by atoms with Gasteiger partial charge in [0.15, 0.2) is 0 Å². The Morgan fingerprint density at radius 2 is 1.57 bits per heavy atom. The van der Waals surface area contributed by atoms with Gasteiger partial charge in [0.05, 0.1) is 10.5 Å². The van der Waals surface area contributed by atoms with Crippen molar-refractivity contribution in [3.63, 3.8) is 0 Å². The lowest BCUT2D eigenvalue weighted by atomic mass is 10.2. The summed E-state index contributed by atoms with van der Waals surface area (Å²) in [5.41, 5.74) is 3.93. The summed E-state index contributed by atoms with van der Waals surface area (Å²) in [6.45, 7) is 7.46. The number of carbonyl (C=O) groups excluding carboxylic acids is 1. The van der Waals surface area contributed by atoms with E-state index in [0.29, 0.717) is 37.1 Å². The van der Waals surface area contributed by atoms with E-state index in [9.17, 15) is 13.2 Å². The molecular weight excluding hydrogens is 374 g/mol. The molecule has 2 aromatic rings. The van der Waals surface area contributed by atoms with Crippen molar-refractivity contribution in [2.75, 3.05) is 26.2 Å². The molecule has 0 unspecified atom stereocenters. The van der Waals surface area contributed by atoms with Crippen molar-refractivity contribution in [3.8, 4) is 0 Å². The lowest BCUT2D eigenvalue weighted by Crippen LogP contribution is -2.50. The molecule has 1 aromatic carbocycles. The quantitative estimate of drug-likeness (QED) is 0.791. The van der Waals surface area contributed by atoms with Gasteiger partial charge in [0, 0.05) is 43.6 Å². The average Bonchev–Trinajstić information content (AvgIpc) is 3.46. The molecule has 4 rings (SSSR count). The highest BCUT2D eigenvalue weighted by atomic mass is 32.2. The minimum absolute atomic E-state index is 0.00684. The minimum atomic E-state index is -3.52. The van der Waals surface area contributed by atoms with Crippen molar-refractivity contribution in [3.05, 3.63) is 52.8 Å². The van der Waals surface area contributed by atoms with E-state index in [1.165, 1.54) is 17.1 Å². The zero-order valence-corrected chi connectivity index (χ0v) is 17.5. The first-order valence-electron chi connectivity index (χ1n) is 9.83. The molecule has 0 spiro atoms. The summed E-state index contributed by atoms with van der Waals surface area (Å²) in [6, 6.07) is 9.43. The van der Waals surface area contributed by atoms with Gasteiger partial charge in [-0.25, -0.2) is 8.42 Å². The second-order valence-electron chi connectivity index (χ2n) is 7.90. The third-order valence-corrected chi connectivity index (χ3v) is 7.72. The summed E-state index contributed by atoms with van der Waals surface area (Å²) in [5, 5.41) is 0. The fraction of sp³-hybridized carbons (Fsp3) is 0.476. The first-order chi connectivity index (χ1) is 13.3. The van der Waals surface area contributed by atoms with Crippen LogP contribution in [-0.2, 0) is 10.0 Å². The summed E-state index contributed by atoms with van der Waals surface area (Å²) in [4.78, 5) is 15.1. The van der Waals surface area contributed by atoms with Crippen molar-refractivity contribution in [1.82, 2.24) is 13.8 Å². The van der Waals surface area contributed by atoms with E-state index in [0.717, 1.165) is 22.5 Å². The van der Waals surface area contributed by atoms with Crippen LogP contribution in [0.25, 0.3) is 0 Å². The number of hydrogen-bond donors (Lipinski definition) is 0. The predicted octanol–water partition coefficient (Wildman–Crippen LogP) is 2.89. The molecule has 0 atom stereocenters. The second-order valence-corrected chi connectivity index (χ2v) is 9.83. The number of piperazine rings is 1. The molecule has 150 valence electrons. The van der Waals surface area contributed by atoms with Crippen LogP contribution in [0.2, 0.25) is 0 Å². The van der Waals surface area contributed by atoms with Crippen LogP contribution in [0.5, 0.6) is 0 Å². The summed E-state index contributed by atoms with van der Waals surface area (Å²) in [5.74, 6) is 0.00684. The van der Waals surface area contributed by atoms with E-state index in [4.69, 9.17) is 0 Å². The zero-order valence-electron chi connectivity index (χ0n) is 16.7. The van der Waals surface area contributed by atoms with Gasteiger partial charge in [-0.15, -0.1) is 0 Å². The number of hydrogen-bond acceptors (Lipinski definition) is 3. The van der Waals surface area contributed by atoms with Crippen LogP contribution in [0, 0.1) is 20.8 Å². The minimum Gasteiger partial charge on any atom is -0.345 e. The van der Waals surface area contributed by atoms with E-state index in [-0.39, 0.29) is 5.91 Å². The average molecular weight is 402 g/mol. The Hall–Kier alpha value is -2.12. The topological polar surface area (TPSA) is 62.6 Å². The Kier molecular flexibility index (Phi) is 4.83. The first-order valence-corrected chi connectivity index (χ1v) is 11.3. The summed E-state index contributed by atoms with van der Waals surface area (Å²) in [6.07, 6.45) is 2.36. The van der Waals surface area contributed by atoms with E-state index in [1.54, 1.807) is 17.0 Å². The third kappa shape index (κ3) is 3.37. The third-order valence-electron chi connectivity index (χ3n) is 5.81. The van der Waals surface area contributed by atoms with Gasteiger partial charge < -0.3 is 9.47 Å². The summed E-state index contributed by atoms with van der Waals surface area (Å²) in [7, 11) is -3.52. The number of carbonyl (C=O) groups is 1. The zero-order chi connectivity index (χ0) is 20.1. The van der Waals surface area contributed by atoms with E-state index < -0.39 is 10.0 Å². The molecule has 1 aliphatic carbocycles. The molecule has 0 N–H and O–H groups in total. The van der Waals surface area contributed by atoms with Crippen LogP contribution in [0.3, 0.4) is 0 Å². The number of amides is 1. The molecule has 0 radical (unpaired) electrons. The molecule has 1 saturated heterocycles. The monoisotopic (exact) mass is 401 g/mol. The highest BCUT2D eigenvalue weighted by Gasteiger charge is 2.33. The number of aryl methyl sites for hydroxylation is 2. The maximum absolute atomic E-state index is 13.0. The Morgan fingerprint density at radius 3 is 2.14 bits per heavy atom. The van der Waals surface area contributed by atoms with E-state index >= 15 is 0 Å². The maximum Gasteiger partial charge on any atom is 0.255 e. The SMILES string of the molecule is Cc1ccc(S(=O)(=O)N2CCN(C(=O)c3cc(C)n(C4CC4)c3C)CC2)cc1. The van der Waals surface area contributed by atoms with Gasteiger partial charge in [0.2, 0.25) is 10.0 Å². The van der Waals surface area contributed by atoms with Crippen LogP contribution < -0.4 is 0 Å². The number of benzene rings is 1. The van der Waals surface area contributed by atoms with Gasteiger partial charge >= 0.3 is 0 Å². The lowest BCUT2D eigenvalue weighted by Gasteiger charge is -2.34. The van der Waals surface area contributed by atoms with Crippen LogP contribution in [0.4, 0.5) is 0 Å². The number of rotatable bonds is 4. The van der Waals surface area contributed by atoms with E-state index in [1.807, 2.05) is 39.0 Å². The Labute approximate surface area is 166 Å². The highest BCUT2D eigenvalue weighted by Crippen LogP contribution is 2.38. The van der Waals surface area contributed by atoms with Crippen LogP contribution in [0.1, 0.15) is 46.2 Å². The number of sulfonamides is 1. The van der Waals surface area contributed by atoms with Crippen molar-refractivity contribution in [2.45, 2.75) is 44.6 Å². The smallest absolute Gasteiger partial charge is 0.255 e. The lowest BCUT2D eigenvalue weighted by molar-refractivity contribution is 0.0697. The van der Waals surface area contributed by atoms with Crippen molar-refractivity contribution >= 4 is 15.9 Å². The first kappa shape index (κ1) is 19.2.